The molecule has 0 aliphatic carbocycles. The fourth-order valence-electron chi connectivity index (χ4n) is 4.83. The van der Waals surface area contributed by atoms with Gasteiger partial charge in [-0.2, -0.15) is 10.1 Å². The van der Waals surface area contributed by atoms with E-state index >= 15 is 0 Å². The summed E-state index contributed by atoms with van der Waals surface area (Å²) in [6.45, 7) is 12.2. The van der Waals surface area contributed by atoms with Crippen molar-refractivity contribution in [3.8, 4) is 5.75 Å². The molecule has 2 aromatic heterocycles. The average molecular weight is 515 g/mol. The maximum atomic E-state index is 6.17. The van der Waals surface area contributed by atoms with Gasteiger partial charge >= 0.3 is 0 Å². The number of rotatable bonds is 10. The SMILES string of the molecule is CCN(CC)CCOc1c(C)cc(Nc2nc(N3N=CCC3c3ccccc3)c3sccc3n2)cc1C. The number of nitrogens with zero attached hydrogens (tertiary/aromatic N) is 5. The molecule has 1 unspecified atom stereocenters. The van der Waals surface area contributed by atoms with E-state index in [1.807, 2.05) is 23.4 Å². The lowest BCUT2D eigenvalue weighted by atomic mass is 10.0. The molecule has 0 spiro atoms. The summed E-state index contributed by atoms with van der Waals surface area (Å²) >= 11 is 1.64. The zero-order valence-electron chi connectivity index (χ0n) is 21.9. The number of thiophene rings is 1. The van der Waals surface area contributed by atoms with Crippen molar-refractivity contribution in [2.45, 2.75) is 40.2 Å². The molecule has 1 atom stereocenters. The van der Waals surface area contributed by atoms with Gasteiger partial charge in [0.1, 0.15) is 12.4 Å². The van der Waals surface area contributed by atoms with Crippen LogP contribution in [0.5, 0.6) is 5.75 Å². The van der Waals surface area contributed by atoms with Crippen LogP contribution in [0.4, 0.5) is 17.5 Å². The van der Waals surface area contributed by atoms with E-state index < -0.39 is 0 Å². The van der Waals surface area contributed by atoms with Crippen molar-refractivity contribution >= 4 is 45.2 Å². The number of likely N-dealkylation sites (N-methyl/N-ethyl adjacent to an activating group) is 1. The predicted octanol–water partition coefficient (Wildman–Crippen LogP) is 6.71. The molecule has 8 heteroatoms. The van der Waals surface area contributed by atoms with Crippen LogP contribution in [0.3, 0.4) is 0 Å². The third kappa shape index (κ3) is 5.45. The second kappa shape index (κ2) is 11.3. The zero-order chi connectivity index (χ0) is 25.8. The number of aryl methyl sites for hydroxylation is 2. The molecule has 5 rings (SSSR count). The largest absolute Gasteiger partial charge is 0.492 e. The van der Waals surface area contributed by atoms with E-state index in [4.69, 9.17) is 19.8 Å². The maximum absolute atomic E-state index is 6.17. The number of ether oxygens (including phenoxy) is 1. The molecule has 4 aromatic rings. The fraction of sp³-hybridized carbons (Fsp3) is 0.345. The lowest BCUT2D eigenvalue weighted by Gasteiger charge is -2.24. The van der Waals surface area contributed by atoms with Gasteiger partial charge in [-0.15, -0.1) is 11.3 Å². The van der Waals surface area contributed by atoms with Crippen LogP contribution >= 0.6 is 11.3 Å². The van der Waals surface area contributed by atoms with Gasteiger partial charge in [-0.1, -0.05) is 44.2 Å². The highest BCUT2D eigenvalue weighted by molar-refractivity contribution is 7.17. The Labute approximate surface area is 222 Å². The second-order valence-corrected chi connectivity index (χ2v) is 10.2. The van der Waals surface area contributed by atoms with Crippen LogP contribution in [0, 0.1) is 13.8 Å². The van der Waals surface area contributed by atoms with E-state index in [-0.39, 0.29) is 6.04 Å². The average Bonchev–Trinajstić information content (AvgIpc) is 3.58. The Bertz CT molecular complexity index is 1360. The molecule has 37 heavy (non-hydrogen) atoms. The Morgan fingerprint density at radius 3 is 2.54 bits per heavy atom. The Hall–Kier alpha value is -3.49. The van der Waals surface area contributed by atoms with Crippen molar-refractivity contribution in [1.82, 2.24) is 14.9 Å². The fourth-order valence-corrected chi connectivity index (χ4v) is 5.64. The number of fused-ring (bicyclic) bond motifs is 1. The summed E-state index contributed by atoms with van der Waals surface area (Å²) in [5, 5.41) is 12.2. The first-order valence-corrected chi connectivity index (χ1v) is 13.8. The molecule has 0 fully saturated rings. The van der Waals surface area contributed by atoms with Gasteiger partial charge in [0.15, 0.2) is 5.82 Å². The van der Waals surface area contributed by atoms with Crippen LogP contribution in [0.1, 0.15) is 43.0 Å². The van der Waals surface area contributed by atoms with Crippen molar-refractivity contribution < 1.29 is 4.74 Å². The number of hydrogen-bond donors (Lipinski definition) is 1. The summed E-state index contributed by atoms with van der Waals surface area (Å²) in [7, 11) is 0. The molecule has 2 aromatic carbocycles. The Balaban J connectivity index is 1.39. The van der Waals surface area contributed by atoms with Crippen molar-refractivity contribution in [2.24, 2.45) is 5.10 Å². The van der Waals surface area contributed by atoms with Gasteiger partial charge in [0, 0.05) is 24.9 Å². The van der Waals surface area contributed by atoms with E-state index in [9.17, 15) is 0 Å². The van der Waals surface area contributed by atoms with Crippen LogP contribution in [-0.2, 0) is 0 Å². The Kier molecular flexibility index (Phi) is 7.67. The quantitative estimate of drug-likeness (QED) is 0.254. The van der Waals surface area contributed by atoms with E-state index in [1.54, 1.807) is 11.3 Å². The Morgan fingerprint density at radius 1 is 1.05 bits per heavy atom. The number of aromatic nitrogens is 2. The normalized spacial score (nSPS) is 15.2. The van der Waals surface area contributed by atoms with E-state index in [0.29, 0.717) is 12.6 Å². The first-order chi connectivity index (χ1) is 18.1. The van der Waals surface area contributed by atoms with Crippen molar-refractivity contribution in [1.29, 1.82) is 0 Å². The highest BCUT2D eigenvalue weighted by atomic mass is 32.1. The molecule has 1 aliphatic rings. The van der Waals surface area contributed by atoms with Gasteiger partial charge < -0.3 is 15.0 Å². The van der Waals surface area contributed by atoms with Crippen molar-refractivity contribution in [2.75, 3.05) is 36.6 Å². The first kappa shape index (κ1) is 25.2. The van der Waals surface area contributed by atoms with Crippen LogP contribution in [-0.4, -0.2) is 47.3 Å². The Morgan fingerprint density at radius 2 is 1.81 bits per heavy atom. The number of nitrogens with one attached hydrogen (secondary N) is 1. The molecule has 0 saturated carbocycles. The summed E-state index contributed by atoms with van der Waals surface area (Å²) in [5.41, 5.74) is 5.26. The molecular weight excluding hydrogens is 480 g/mol. The van der Waals surface area contributed by atoms with Crippen molar-refractivity contribution in [3.05, 3.63) is 70.6 Å². The van der Waals surface area contributed by atoms with Gasteiger partial charge in [-0.05, 0) is 67.2 Å². The molecule has 3 heterocycles. The number of benzene rings is 2. The van der Waals surface area contributed by atoms with Crippen LogP contribution < -0.4 is 15.1 Å². The third-order valence-corrected chi connectivity index (χ3v) is 7.68. The maximum Gasteiger partial charge on any atom is 0.229 e. The highest BCUT2D eigenvalue weighted by Gasteiger charge is 2.27. The topological polar surface area (TPSA) is 65.9 Å². The minimum absolute atomic E-state index is 0.117. The summed E-state index contributed by atoms with van der Waals surface area (Å²) < 4.78 is 7.21. The molecule has 0 bridgehead atoms. The van der Waals surface area contributed by atoms with Gasteiger partial charge in [-0.25, -0.2) is 9.99 Å². The summed E-state index contributed by atoms with van der Waals surface area (Å²) in [6.07, 6.45) is 2.82. The van der Waals surface area contributed by atoms with E-state index in [2.05, 4.69) is 79.7 Å². The van der Waals surface area contributed by atoms with E-state index in [1.165, 1.54) is 5.56 Å². The van der Waals surface area contributed by atoms with Gasteiger partial charge in [0.2, 0.25) is 5.95 Å². The molecule has 0 saturated heterocycles. The monoisotopic (exact) mass is 514 g/mol. The van der Waals surface area contributed by atoms with Crippen LogP contribution in [0.2, 0.25) is 0 Å². The van der Waals surface area contributed by atoms with Gasteiger partial charge in [-0.3, -0.25) is 0 Å². The van der Waals surface area contributed by atoms with Crippen LogP contribution in [0.15, 0.2) is 59.0 Å². The first-order valence-electron chi connectivity index (χ1n) is 12.9. The lowest BCUT2D eigenvalue weighted by molar-refractivity contribution is 0.221. The minimum atomic E-state index is 0.117. The molecule has 192 valence electrons. The summed E-state index contributed by atoms with van der Waals surface area (Å²) in [5.74, 6) is 2.34. The summed E-state index contributed by atoms with van der Waals surface area (Å²) in [4.78, 5) is 12.1. The number of hydrazone groups is 1. The summed E-state index contributed by atoms with van der Waals surface area (Å²) in [6, 6.07) is 16.8. The molecule has 0 amide bonds. The van der Waals surface area contributed by atoms with Gasteiger partial charge in [0.05, 0.1) is 16.3 Å². The minimum Gasteiger partial charge on any atom is -0.492 e. The molecular formula is C29H34N6OS. The number of anilines is 3. The van der Waals surface area contributed by atoms with Gasteiger partial charge in [0.25, 0.3) is 0 Å². The second-order valence-electron chi connectivity index (χ2n) is 9.25. The standard InChI is InChI=1S/C29H34N6OS/c1-5-34(6-2)15-16-36-26-20(3)18-23(19-21(26)4)31-29-32-24-13-17-37-27(24)28(33-29)35-25(12-14-30-35)22-10-8-7-9-11-22/h7-11,13-14,17-19,25H,5-6,12,15-16H2,1-4H3,(H,31,32,33). The van der Waals surface area contributed by atoms with E-state index in [0.717, 1.165) is 64.7 Å². The smallest absolute Gasteiger partial charge is 0.229 e. The molecule has 1 N–H and O–H groups in total. The molecule has 1 aliphatic heterocycles. The lowest BCUT2D eigenvalue weighted by Crippen LogP contribution is -2.28. The number of hydrogen-bond acceptors (Lipinski definition) is 8. The molecule has 7 nitrogen and oxygen atoms in total. The third-order valence-electron chi connectivity index (χ3n) is 6.78. The highest BCUT2D eigenvalue weighted by Crippen LogP contribution is 2.38. The predicted molar refractivity (Wildman–Crippen MR) is 155 cm³/mol. The molecule has 0 radical (unpaired) electrons. The van der Waals surface area contributed by atoms with Crippen LogP contribution in [0.25, 0.3) is 10.2 Å². The zero-order valence-corrected chi connectivity index (χ0v) is 22.8. The van der Waals surface area contributed by atoms with Crippen molar-refractivity contribution in [3.63, 3.8) is 0 Å².